The number of nitrogens with one attached hydrogen (secondary N) is 1. The molecular formula is C34H37N3O4. The summed E-state index contributed by atoms with van der Waals surface area (Å²) in [6.07, 6.45) is 7.13. The van der Waals surface area contributed by atoms with E-state index in [9.17, 15) is 14.7 Å². The number of aliphatic carboxylic acids is 1. The number of carbonyl (C=O) groups excluding carboxylic acids is 1. The molecule has 1 atom stereocenters. The lowest BCUT2D eigenvalue weighted by Crippen LogP contribution is -2.37. The Morgan fingerprint density at radius 1 is 1.05 bits per heavy atom. The first-order valence-electron chi connectivity index (χ1n) is 14.8. The van der Waals surface area contributed by atoms with Crippen molar-refractivity contribution in [3.63, 3.8) is 0 Å². The van der Waals surface area contributed by atoms with Crippen molar-refractivity contribution < 1.29 is 19.1 Å². The molecule has 2 aliphatic rings. The van der Waals surface area contributed by atoms with Crippen molar-refractivity contribution >= 4 is 34.7 Å². The van der Waals surface area contributed by atoms with Crippen LogP contribution in [0.4, 0.5) is 11.7 Å². The van der Waals surface area contributed by atoms with E-state index in [-0.39, 0.29) is 18.2 Å². The normalized spacial score (nSPS) is 16.4. The van der Waals surface area contributed by atoms with Crippen molar-refractivity contribution in [3.05, 3.63) is 88.5 Å². The van der Waals surface area contributed by atoms with Gasteiger partial charge in [-0.15, -0.1) is 0 Å². The number of carboxylic acid groups (broad SMARTS) is 1. The fourth-order valence-electron chi connectivity index (χ4n) is 6.55. The van der Waals surface area contributed by atoms with E-state index in [0.29, 0.717) is 37.0 Å². The van der Waals surface area contributed by atoms with Crippen LogP contribution in [-0.2, 0) is 29.0 Å². The number of fused-ring (bicyclic) bond motifs is 2. The van der Waals surface area contributed by atoms with Gasteiger partial charge in [0, 0.05) is 18.8 Å². The van der Waals surface area contributed by atoms with Gasteiger partial charge in [0.25, 0.3) is 6.01 Å². The molecule has 41 heavy (non-hydrogen) atoms. The number of carboxylic acids is 1. The molecule has 0 spiro atoms. The molecule has 1 aliphatic carbocycles. The first-order chi connectivity index (χ1) is 19.9. The standard InChI is InChI=1S/C34H37N3O4/c1-22-7-5-6-10-29(22)35-34-36-30-14-11-23(17-31(30)41-34)18-32(38)37-16-15-25-19-26(12-13-27(25)21-37)28(20-33(39)40)24-8-3-2-4-9-24/h5-7,10-14,17,19,24,28H,2-4,8-9,15-16,18,20-21H2,1H3,(H,35,36)(H,39,40). The van der Waals surface area contributed by atoms with Crippen LogP contribution in [-0.4, -0.2) is 33.4 Å². The summed E-state index contributed by atoms with van der Waals surface area (Å²) in [5, 5.41) is 12.8. The first kappa shape index (κ1) is 27.1. The van der Waals surface area contributed by atoms with Crippen molar-refractivity contribution in [1.29, 1.82) is 0 Å². The molecule has 0 radical (unpaired) electrons. The van der Waals surface area contributed by atoms with Crippen LogP contribution in [0.15, 0.2) is 65.1 Å². The molecule has 1 aliphatic heterocycles. The molecule has 1 amide bonds. The van der Waals surface area contributed by atoms with Gasteiger partial charge in [-0.2, -0.15) is 4.98 Å². The Labute approximate surface area is 240 Å². The Morgan fingerprint density at radius 3 is 2.68 bits per heavy atom. The van der Waals surface area contributed by atoms with Gasteiger partial charge >= 0.3 is 5.97 Å². The summed E-state index contributed by atoms with van der Waals surface area (Å²) < 4.78 is 5.96. The van der Waals surface area contributed by atoms with E-state index in [4.69, 9.17) is 4.42 Å². The van der Waals surface area contributed by atoms with Gasteiger partial charge in [-0.05, 0) is 84.0 Å². The highest BCUT2D eigenvalue weighted by molar-refractivity contribution is 5.82. The summed E-state index contributed by atoms with van der Waals surface area (Å²) in [6.45, 7) is 3.27. The van der Waals surface area contributed by atoms with Gasteiger partial charge in [-0.1, -0.05) is 61.7 Å². The summed E-state index contributed by atoms with van der Waals surface area (Å²) >= 11 is 0. The van der Waals surface area contributed by atoms with Gasteiger partial charge in [-0.25, -0.2) is 0 Å². The molecule has 0 saturated heterocycles. The predicted octanol–water partition coefficient (Wildman–Crippen LogP) is 7.15. The van der Waals surface area contributed by atoms with Gasteiger partial charge in [0.2, 0.25) is 5.91 Å². The number of amides is 1. The van der Waals surface area contributed by atoms with Crippen LogP contribution in [0.5, 0.6) is 0 Å². The molecule has 4 aromatic rings. The van der Waals surface area contributed by atoms with Gasteiger partial charge in [0.1, 0.15) is 5.52 Å². The summed E-state index contributed by atoms with van der Waals surface area (Å²) in [6, 6.07) is 20.6. The zero-order valence-corrected chi connectivity index (χ0v) is 23.6. The Morgan fingerprint density at radius 2 is 1.88 bits per heavy atom. The van der Waals surface area contributed by atoms with E-state index < -0.39 is 5.97 Å². The number of nitrogens with zero attached hydrogens (tertiary/aromatic N) is 2. The minimum Gasteiger partial charge on any atom is -0.481 e. The highest BCUT2D eigenvalue weighted by atomic mass is 16.4. The molecule has 3 aromatic carbocycles. The van der Waals surface area contributed by atoms with Crippen LogP contribution in [0, 0.1) is 12.8 Å². The van der Waals surface area contributed by atoms with Crippen LogP contribution < -0.4 is 5.32 Å². The predicted molar refractivity (Wildman–Crippen MR) is 159 cm³/mol. The smallest absolute Gasteiger partial charge is 0.303 e. The second-order valence-electron chi connectivity index (χ2n) is 11.6. The summed E-state index contributed by atoms with van der Waals surface area (Å²) in [4.78, 5) is 31.5. The molecule has 7 nitrogen and oxygen atoms in total. The maximum atomic E-state index is 13.3. The molecule has 0 bridgehead atoms. The third-order valence-corrected chi connectivity index (χ3v) is 8.83. The number of oxazole rings is 1. The second-order valence-corrected chi connectivity index (χ2v) is 11.6. The summed E-state index contributed by atoms with van der Waals surface area (Å²) in [5.74, 6) is -0.132. The molecule has 7 heteroatoms. The Hall–Kier alpha value is -4.13. The highest BCUT2D eigenvalue weighted by Gasteiger charge is 2.29. The van der Waals surface area contributed by atoms with Gasteiger partial charge in [0.15, 0.2) is 5.58 Å². The molecule has 1 unspecified atom stereocenters. The summed E-state index contributed by atoms with van der Waals surface area (Å²) in [7, 11) is 0. The monoisotopic (exact) mass is 551 g/mol. The SMILES string of the molecule is Cc1ccccc1Nc1nc2ccc(CC(=O)N3CCc4cc(C(CC(=O)O)C5CCCCC5)ccc4C3)cc2o1. The number of hydrogen-bond donors (Lipinski definition) is 2. The Kier molecular flexibility index (Phi) is 7.77. The first-order valence-corrected chi connectivity index (χ1v) is 14.8. The van der Waals surface area contributed by atoms with Crippen LogP contribution in [0.3, 0.4) is 0 Å². The van der Waals surface area contributed by atoms with Crippen molar-refractivity contribution in [2.75, 3.05) is 11.9 Å². The van der Waals surface area contributed by atoms with Crippen LogP contribution in [0.25, 0.3) is 11.1 Å². The minimum absolute atomic E-state index is 0.0659. The Bertz CT molecular complexity index is 1570. The van der Waals surface area contributed by atoms with Gasteiger partial charge in [-0.3, -0.25) is 9.59 Å². The average Bonchev–Trinajstić information content (AvgIpc) is 3.38. The lowest BCUT2D eigenvalue weighted by atomic mass is 9.74. The number of anilines is 2. The van der Waals surface area contributed by atoms with E-state index in [1.807, 2.05) is 54.3 Å². The maximum Gasteiger partial charge on any atom is 0.303 e. The third-order valence-electron chi connectivity index (χ3n) is 8.83. The van der Waals surface area contributed by atoms with Crippen LogP contribution >= 0.6 is 0 Å². The molecule has 1 aromatic heterocycles. The number of benzene rings is 3. The van der Waals surface area contributed by atoms with Crippen molar-refractivity contribution in [2.24, 2.45) is 5.92 Å². The lowest BCUT2D eigenvalue weighted by Gasteiger charge is -2.32. The van der Waals surface area contributed by atoms with E-state index >= 15 is 0 Å². The quantitative estimate of drug-likeness (QED) is 0.242. The lowest BCUT2D eigenvalue weighted by molar-refractivity contribution is -0.138. The molecule has 1 fully saturated rings. The fourth-order valence-corrected chi connectivity index (χ4v) is 6.55. The maximum absolute atomic E-state index is 13.3. The number of para-hydroxylation sites is 1. The Balaban J connectivity index is 1.12. The van der Waals surface area contributed by atoms with Crippen LogP contribution in [0.2, 0.25) is 0 Å². The van der Waals surface area contributed by atoms with Crippen molar-refractivity contribution in [2.45, 2.75) is 70.8 Å². The van der Waals surface area contributed by atoms with Gasteiger partial charge in [0.05, 0.1) is 12.8 Å². The van der Waals surface area contributed by atoms with E-state index in [1.54, 1.807) is 0 Å². The van der Waals surface area contributed by atoms with Crippen LogP contribution in [0.1, 0.15) is 72.3 Å². The zero-order chi connectivity index (χ0) is 28.3. The highest BCUT2D eigenvalue weighted by Crippen LogP contribution is 2.39. The van der Waals surface area contributed by atoms with Gasteiger partial charge < -0.3 is 19.7 Å². The molecule has 2 N–H and O–H groups in total. The number of aromatic nitrogens is 1. The van der Waals surface area contributed by atoms with E-state index in [2.05, 4.69) is 28.5 Å². The summed E-state index contributed by atoms with van der Waals surface area (Å²) in [5.41, 5.74) is 7.88. The number of hydrogen-bond acceptors (Lipinski definition) is 5. The molecule has 2 heterocycles. The van der Waals surface area contributed by atoms with E-state index in [0.717, 1.165) is 52.7 Å². The zero-order valence-electron chi connectivity index (χ0n) is 23.6. The number of rotatable bonds is 8. The molecule has 212 valence electrons. The fraction of sp³-hybridized carbons (Fsp3) is 0.382. The largest absolute Gasteiger partial charge is 0.481 e. The molecule has 6 rings (SSSR count). The molecular weight excluding hydrogens is 514 g/mol. The minimum atomic E-state index is -0.725. The molecule has 1 saturated carbocycles. The van der Waals surface area contributed by atoms with Crippen molar-refractivity contribution in [1.82, 2.24) is 9.88 Å². The average molecular weight is 552 g/mol. The number of carbonyl (C=O) groups is 2. The third kappa shape index (κ3) is 6.14. The number of aryl methyl sites for hydroxylation is 1. The second kappa shape index (κ2) is 11.8. The topological polar surface area (TPSA) is 95.7 Å². The van der Waals surface area contributed by atoms with E-state index in [1.165, 1.54) is 24.8 Å². The van der Waals surface area contributed by atoms with Crippen molar-refractivity contribution in [3.8, 4) is 0 Å².